The van der Waals surface area contributed by atoms with Crippen molar-refractivity contribution in [1.29, 1.82) is 0 Å². The Balaban J connectivity index is 1.81. The third-order valence-corrected chi connectivity index (χ3v) is 9.43. The van der Waals surface area contributed by atoms with E-state index in [2.05, 4.69) is 58.8 Å². The average molecular weight is 464 g/mol. The molecule has 0 amide bonds. The van der Waals surface area contributed by atoms with Gasteiger partial charge in [-0.05, 0) is 66.8 Å². The van der Waals surface area contributed by atoms with Crippen molar-refractivity contribution in [1.82, 2.24) is 5.09 Å². The van der Waals surface area contributed by atoms with E-state index in [1.165, 1.54) is 12.8 Å². The molecule has 182 valence electrons. The zero-order valence-electron chi connectivity index (χ0n) is 21.1. The Morgan fingerprint density at radius 3 is 1.75 bits per heavy atom. The second kappa shape index (κ2) is 11.6. The van der Waals surface area contributed by atoms with Crippen LogP contribution in [0, 0.1) is 35.5 Å². The number of rotatable bonds is 9. The van der Waals surface area contributed by atoms with E-state index >= 15 is 0 Å². The minimum atomic E-state index is -3.48. The molecule has 6 unspecified atom stereocenters. The van der Waals surface area contributed by atoms with Gasteiger partial charge < -0.3 is 0 Å². The van der Waals surface area contributed by atoms with Crippen molar-refractivity contribution in [2.75, 3.05) is 0 Å². The van der Waals surface area contributed by atoms with E-state index in [-0.39, 0.29) is 12.2 Å². The van der Waals surface area contributed by atoms with Gasteiger partial charge in [-0.15, -0.1) is 0 Å². The SMILES string of the molecule is CC1CCC(C(C)C)C(OP(=O)(NCc2ccccc2)OC2CC(C)CCC2C(C)C)C1. The van der Waals surface area contributed by atoms with Gasteiger partial charge in [-0.25, -0.2) is 9.65 Å². The Hall–Kier alpha value is -0.670. The van der Waals surface area contributed by atoms with Crippen LogP contribution < -0.4 is 5.09 Å². The van der Waals surface area contributed by atoms with E-state index in [0.29, 0.717) is 42.1 Å². The van der Waals surface area contributed by atoms with E-state index < -0.39 is 7.75 Å². The Morgan fingerprint density at radius 1 is 0.844 bits per heavy atom. The van der Waals surface area contributed by atoms with E-state index in [1.54, 1.807) is 0 Å². The highest BCUT2D eigenvalue weighted by Gasteiger charge is 2.42. The van der Waals surface area contributed by atoms with Crippen molar-refractivity contribution in [2.45, 2.75) is 98.8 Å². The zero-order chi connectivity index (χ0) is 23.3. The zero-order valence-corrected chi connectivity index (χ0v) is 22.0. The summed E-state index contributed by atoms with van der Waals surface area (Å²) in [6.45, 7) is 14.1. The van der Waals surface area contributed by atoms with Crippen molar-refractivity contribution in [3.05, 3.63) is 35.9 Å². The van der Waals surface area contributed by atoms with Crippen LogP contribution in [0.3, 0.4) is 0 Å². The maximum atomic E-state index is 14.3. The van der Waals surface area contributed by atoms with Crippen molar-refractivity contribution in [3.63, 3.8) is 0 Å². The summed E-state index contributed by atoms with van der Waals surface area (Å²) < 4.78 is 27.4. The lowest BCUT2D eigenvalue weighted by Crippen LogP contribution is -2.38. The first kappa shape index (κ1) is 25.9. The van der Waals surface area contributed by atoms with Gasteiger partial charge in [-0.3, -0.25) is 9.05 Å². The fourth-order valence-corrected chi connectivity index (χ4v) is 7.48. The van der Waals surface area contributed by atoms with E-state index in [1.807, 2.05) is 18.2 Å². The minimum absolute atomic E-state index is 0.0219. The molecule has 0 bridgehead atoms. The topological polar surface area (TPSA) is 47.6 Å². The van der Waals surface area contributed by atoms with Crippen LogP contribution in [0.5, 0.6) is 0 Å². The van der Waals surface area contributed by atoms with Gasteiger partial charge in [-0.1, -0.05) is 84.7 Å². The van der Waals surface area contributed by atoms with Crippen LogP contribution in [0.25, 0.3) is 0 Å². The molecule has 2 fully saturated rings. The van der Waals surface area contributed by atoms with Crippen LogP contribution in [-0.4, -0.2) is 12.2 Å². The second-order valence-corrected chi connectivity index (χ2v) is 13.0. The number of benzene rings is 1. The lowest BCUT2D eigenvalue weighted by atomic mass is 9.75. The first-order chi connectivity index (χ1) is 15.2. The highest BCUT2D eigenvalue weighted by atomic mass is 31.2. The molecular formula is C27H46NO3P. The summed E-state index contributed by atoms with van der Waals surface area (Å²) >= 11 is 0. The third-order valence-electron chi connectivity index (χ3n) is 7.79. The summed E-state index contributed by atoms with van der Waals surface area (Å²) in [6.07, 6.45) is 6.59. The molecular weight excluding hydrogens is 417 g/mol. The molecule has 4 nitrogen and oxygen atoms in total. The van der Waals surface area contributed by atoms with Crippen LogP contribution in [0.4, 0.5) is 0 Å². The highest BCUT2D eigenvalue weighted by Crippen LogP contribution is 2.53. The quantitative estimate of drug-likeness (QED) is 0.379. The molecule has 6 atom stereocenters. The van der Waals surface area contributed by atoms with Crippen LogP contribution in [0.15, 0.2) is 30.3 Å². The molecule has 0 aromatic heterocycles. The van der Waals surface area contributed by atoms with Gasteiger partial charge >= 0.3 is 7.75 Å². The average Bonchev–Trinajstić information content (AvgIpc) is 2.72. The van der Waals surface area contributed by atoms with E-state index in [0.717, 1.165) is 31.2 Å². The van der Waals surface area contributed by atoms with Gasteiger partial charge in [0.2, 0.25) is 0 Å². The molecule has 32 heavy (non-hydrogen) atoms. The molecule has 0 saturated heterocycles. The van der Waals surface area contributed by atoms with Crippen molar-refractivity contribution in [2.24, 2.45) is 35.5 Å². The van der Waals surface area contributed by atoms with Gasteiger partial charge in [0.15, 0.2) is 0 Å². The Morgan fingerprint density at radius 2 is 1.31 bits per heavy atom. The maximum Gasteiger partial charge on any atom is 0.406 e. The van der Waals surface area contributed by atoms with Gasteiger partial charge in [0, 0.05) is 6.54 Å². The van der Waals surface area contributed by atoms with Gasteiger partial charge in [0.1, 0.15) is 0 Å². The Bertz CT molecular complexity index is 700. The third kappa shape index (κ3) is 7.16. The largest absolute Gasteiger partial charge is 0.406 e. The van der Waals surface area contributed by atoms with Crippen LogP contribution >= 0.6 is 7.75 Å². The minimum Gasteiger partial charge on any atom is -0.293 e. The molecule has 0 heterocycles. The molecule has 0 spiro atoms. The molecule has 3 rings (SSSR count). The maximum absolute atomic E-state index is 14.3. The van der Waals surface area contributed by atoms with Crippen LogP contribution in [0.2, 0.25) is 0 Å². The summed E-state index contributed by atoms with van der Waals surface area (Å²) in [7, 11) is -3.48. The predicted molar refractivity (Wildman–Crippen MR) is 133 cm³/mol. The Labute approximate surface area is 196 Å². The monoisotopic (exact) mass is 463 g/mol. The molecule has 1 aromatic rings. The molecule has 0 radical (unpaired) electrons. The number of nitrogens with one attached hydrogen (secondary N) is 1. The standard InChI is InChI=1S/C27H46NO3P/c1-19(2)24-14-12-21(5)16-26(24)30-32(29,28-18-23-10-8-7-9-11-23)31-27-17-22(6)13-15-25(27)20(3)4/h7-11,19-22,24-27H,12-18H2,1-6H3,(H,28,29). The van der Waals surface area contributed by atoms with Gasteiger partial charge in [-0.2, -0.15) is 0 Å². The molecule has 5 heteroatoms. The van der Waals surface area contributed by atoms with Crippen LogP contribution in [-0.2, 0) is 20.2 Å². The summed E-state index contributed by atoms with van der Waals surface area (Å²) in [5, 5.41) is 3.27. The highest BCUT2D eigenvalue weighted by molar-refractivity contribution is 7.51. The lowest BCUT2D eigenvalue weighted by Gasteiger charge is -2.41. The number of hydrogen-bond donors (Lipinski definition) is 1. The first-order valence-corrected chi connectivity index (χ1v) is 14.5. The molecule has 1 N–H and O–H groups in total. The Kier molecular flexibility index (Phi) is 9.44. The summed E-state index contributed by atoms with van der Waals surface area (Å²) in [4.78, 5) is 0. The van der Waals surface area contributed by atoms with Crippen molar-refractivity contribution >= 4 is 7.75 Å². The van der Waals surface area contributed by atoms with Gasteiger partial charge in [0.05, 0.1) is 12.2 Å². The first-order valence-electron chi connectivity index (χ1n) is 12.9. The van der Waals surface area contributed by atoms with E-state index in [9.17, 15) is 4.57 Å². The molecule has 1 aromatic carbocycles. The fraction of sp³-hybridized carbons (Fsp3) is 0.778. The summed E-state index contributed by atoms with van der Waals surface area (Å²) in [5.41, 5.74) is 1.09. The van der Waals surface area contributed by atoms with Crippen molar-refractivity contribution in [3.8, 4) is 0 Å². The number of hydrogen-bond acceptors (Lipinski definition) is 3. The second-order valence-electron chi connectivity index (χ2n) is 11.3. The molecule has 0 aliphatic heterocycles. The van der Waals surface area contributed by atoms with Crippen molar-refractivity contribution < 1.29 is 13.6 Å². The molecule has 2 aliphatic rings. The summed E-state index contributed by atoms with van der Waals surface area (Å²) in [6, 6.07) is 10.1. The lowest BCUT2D eigenvalue weighted by molar-refractivity contribution is -0.00664. The summed E-state index contributed by atoms with van der Waals surface area (Å²) in [5.74, 6) is 3.05. The molecule has 2 saturated carbocycles. The fourth-order valence-electron chi connectivity index (χ4n) is 5.71. The normalized spacial score (nSPS) is 33.4. The smallest absolute Gasteiger partial charge is 0.293 e. The van der Waals surface area contributed by atoms with Crippen LogP contribution in [0.1, 0.15) is 85.6 Å². The van der Waals surface area contributed by atoms with Gasteiger partial charge in [0.25, 0.3) is 0 Å². The van der Waals surface area contributed by atoms with E-state index in [4.69, 9.17) is 9.05 Å². The molecule has 2 aliphatic carbocycles. The predicted octanol–water partition coefficient (Wildman–Crippen LogP) is 7.84.